The van der Waals surface area contributed by atoms with Crippen molar-refractivity contribution < 1.29 is 14.3 Å². The summed E-state index contributed by atoms with van der Waals surface area (Å²) in [5, 5.41) is 5.56. The molecule has 1 aromatic carbocycles. The fourth-order valence-electron chi connectivity index (χ4n) is 2.99. The predicted octanol–water partition coefficient (Wildman–Crippen LogP) is 3.30. The molecule has 1 aliphatic rings. The minimum Gasteiger partial charge on any atom is -0.497 e. The number of ether oxygens (including phenoxy) is 1. The average Bonchev–Trinajstić information content (AvgIpc) is 2.61. The maximum Gasteiger partial charge on any atom is 0.242 e. The third-order valence-electron chi connectivity index (χ3n) is 4.54. The normalized spacial score (nSPS) is 16.2. The molecule has 0 aliphatic carbocycles. The number of benzene rings is 1. The smallest absolute Gasteiger partial charge is 0.242 e. The van der Waals surface area contributed by atoms with Gasteiger partial charge in [-0.25, -0.2) is 4.99 Å². The molecule has 1 aliphatic heterocycles. The Balaban J connectivity index is 2.22. The van der Waals surface area contributed by atoms with Gasteiger partial charge in [-0.05, 0) is 25.0 Å². The monoisotopic (exact) mass is 345 g/mol. The molecule has 0 radical (unpaired) electrons. The molecular weight excluding hydrogens is 318 g/mol. The second kappa shape index (κ2) is 8.65. The molecule has 136 valence electrons. The van der Waals surface area contributed by atoms with E-state index in [9.17, 15) is 9.59 Å². The molecule has 1 heterocycles. The van der Waals surface area contributed by atoms with E-state index in [0.29, 0.717) is 24.3 Å². The molecule has 0 bridgehead atoms. The number of rotatable bonds is 8. The first kappa shape index (κ1) is 19.0. The van der Waals surface area contributed by atoms with Crippen LogP contribution in [0.4, 0.5) is 5.69 Å². The maximum absolute atomic E-state index is 12.8. The van der Waals surface area contributed by atoms with Gasteiger partial charge in [-0.1, -0.05) is 45.6 Å². The van der Waals surface area contributed by atoms with Gasteiger partial charge in [0.2, 0.25) is 17.8 Å². The molecule has 2 amide bonds. The molecule has 2 N–H and O–H groups in total. The number of nitrogens with one attached hydrogen (secondary N) is 2. The van der Waals surface area contributed by atoms with Crippen molar-refractivity contribution in [3.8, 4) is 5.75 Å². The molecule has 0 unspecified atom stereocenters. The summed E-state index contributed by atoms with van der Waals surface area (Å²) >= 11 is 0. The lowest BCUT2D eigenvalue weighted by Gasteiger charge is -2.35. The number of methoxy groups -OCH3 is 1. The maximum atomic E-state index is 12.8. The number of hydrogen-bond acceptors (Lipinski definition) is 4. The second-order valence-electron chi connectivity index (χ2n) is 6.36. The fourth-order valence-corrected chi connectivity index (χ4v) is 2.99. The molecule has 1 aromatic rings. The van der Waals surface area contributed by atoms with E-state index in [-0.39, 0.29) is 17.8 Å². The van der Waals surface area contributed by atoms with Crippen molar-refractivity contribution >= 4 is 23.5 Å². The highest BCUT2D eigenvalue weighted by atomic mass is 16.5. The van der Waals surface area contributed by atoms with Gasteiger partial charge in [-0.2, -0.15) is 0 Å². The predicted molar refractivity (Wildman–Crippen MR) is 97.9 cm³/mol. The molecule has 0 aromatic heterocycles. The van der Waals surface area contributed by atoms with Crippen molar-refractivity contribution in [3.05, 3.63) is 24.3 Å². The molecule has 25 heavy (non-hydrogen) atoms. The SMILES string of the molecule is CCCCC1(CCCC)C(=O)NC(=Nc2cccc(OC)c2)NC1=O. The first-order chi connectivity index (χ1) is 12.1. The summed E-state index contributed by atoms with van der Waals surface area (Å²) in [5.74, 6) is 0.335. The molecular formula is C19H27N3O3. The third-order valence-corrected chi connectivity index (χ3v) is 4.54. The topological polar surface area (TPSA) is 79.8 Å². The summed E-state index contributed by atoms with van der Waals surface area (Å²) in [4.78, 5) is 29.9. The molecule has 0 saturated carbocycles. The summed E-state index contributed by atoms with van der Waals surface area (Å²) < 4.78 is 5.16. The summed E-state index contributed by atoms with van der Waals surface area (Å²) in [5.41, 5.74) is -0.385. The van der Waals surface area contributed by atoms with Crippen LogP contribution in [0.3, 0.4) is 0 Å². The molecule has 1 saturated heterocycles. The van der Waals surface area contributed by atoms with E-state index < -0.39 is 5.41 Å². The van der Waals surface area contributed by atoms with Crippen LogP contribution in [0.15, 0.2) is 29.3 Å². The summed E-state index contributed by atoms with van der Waals surface area (Å²) in [7, 11) is 1.58. The summed E-state index contributed by atoms with van der Waals surface area (Å²) in [6, 6.07) is 7.13. The summed E-state index contributed by atoms with van der Waals surface area (Å²) in [6.07, 6.45) is 4.69. The van der Waals surface area contributed by atoms with Gasteiger partial charge >= 0.3 is 0 Å². The third kappa shape index (κ3) is 4.38. The van der Waals surface area contributed by atoms with E-state index in [2.05, 4.69) is 29.5 Å². The van der Waals surface area contributed by atoms with E-state index in [1.165, 1.54) is 0 Å². The lowest BCUT2D eigenvalue weighted by Crippen LogP contribution is -2.62. The van der Waals surface area contributed by atoms with Gasteiger partial charge < -0.3 is 4.74 Å². The van der Waals surface area contributed by atoms with Crippen LogP contribution in [0.5, 0.6) is 5.75 Å². The van der Waals surface area contributed by atoms with Crippen LogP contribution >= 0.6 is 0 Å². The highest BCUT2D eigenvalue weighted by Gasteiger charge is 2.48. The molecule has 6 nitrogen and oxygen atoms in total. The van der Waals surface area contributed by atoms with Gasteiger partial charge in [-0.15, -0.1) is 0 Å². The largest absolute Gasteiger partial charge is 0.497 e. The lowest BCUT2D eigenvalue weighted by molar-refractivity contribution is -0.145. The van der Waals surface area contributed by atoms with Crippen LogP contribution in [-0.4, -0.2) is 24.9 Å². The van der Waals surface area contributed by atoms with Gasteiger partial charge in [0, 0.05) is 6.07 Å². The number of carbonyl (C=O) groups excluding carboxylic acids is 2. The number of aliphatic imine (C=N–C) groups is 1. The van der Waals surface area contributed by atoms with Crippen molar-refractivity contribution in [2.45, 2.75) is 52.4 Å². The standard InChI is InChI=1S/C19H27N3O3/c1-4-6-11-19(12-7-5-2)16(23)21-18(22-17(19)24)20-14-9-8-10-15(13-14)25-3/h8-10,13H,4-7,11-12H2,1-3H3,(H2,20,21,22,23,24). The summed E-state index contributed by atoms with van der Waals surface area (Å²) in [6.45, 7) is 4.11. The van der Waals surface area contributed by atoms with E-state index >= 15 is 0 Å². The lowest BCUT2D eigenvalue weighted by atomic mass is 9.75. The minimum atomic E-state index is -0.987. The van der Waals surface area contributed by atoms with Crippen LogP contribution in [0, 0.1) is 5.41 Å². The van der Waals surface area contributed by atoms with Gasteiger partial charge in [0.1, 0.15) is 11.2 Å². The Morgan fingerprint density at radius 3 is 2.16 bits per heavy atom. The van der Waals surface area contributed by atoms with Crippen molar-refractivity contribution in [2.75, 3.05) is 7.11 Å². The first-order valence-corrected chi connectivity index (χ1v) is 8.91. The number of carbonyl (C=O) groups is 2. The average molecular weight is 345 g/mol. The van der Waals surface area contributed by atoms with Gasteiger partial charge in [0.05, 0.1) is 12.8 Å². The van der Waals surface area contributed by atoms with E-state index in [4.69, 9.17) is 4.74 Å². The van der Waals surface area contributed by atoms with Gasteiger partial charge in [0.25, 0.3) is 0 Å². The van der Waals surface area contributed by atoms with Crippen LogP contribution in [0.2, 0.25) is 0 Å². The second-order valence-corrected chi connectivity index (χ2v) is 6.36. The number of amides is 2. The Hall–Kier alpha value is -2.37. The zero-order chi connectivity index (χ0) is 18.3. The molecule has 0 atom stereocenters. The Labute approximate surface area is 149 Å². The van der Waals surface area contributed by atoms with Crippen LogP contribution in [0.25, 0.3) is 0 Å². The van der Waals surface area contributed by atoms with Crippen molar-refractivity contribution in [2.24, 2.45) is 10.4 Å². The zero-order valence-corrected chi connectivity index (χ0v) is 15.2. The number of hydrogen-bond donors (Lipinski definition) is 2. The van der Waals surface area contributed by atoms with Gasteiger partial charge in [-0.3, -0.25) is 20.2 Å². The Morgan fingerprint density at radius 2 is 1.64 bits per heavy atom. The van der Waals surface area contributed by atoms with Gasteiger partial charge in [0.15, 0.2) is 0 Å². The van der Waals surface area contributed by atoms with Crippen LogP contribution in [-0.2, 0) is 9.59 Å². The van der Waals surface area contributed by atoms with Crippen molar-refractivity contribution in [3.63, 3.8) is 0 Å². The van der Waals surface area contributed by atoms with Crippen LogP contribution < -0.4 is 15.4 Å². The first-order valence-electron chi connectivity index (χ1n) is 8.91. The number of nitrogens with zero attached hydrogens (tertiary/aromatic N) is 1. The Bertz CT molecular complexity index is 625. The van der Waals surface area contributed by atoms with E-state index in [1.807, 2.05) is 6.07 Å². The Kier molecular flexibility index (Phi) is 6.56. The van der Waals surface area contributed by atoms with E-state index in [0.717, 1.165) is 25.7 Å². The van der Waals surface area contributed by atoms with Crippen LogP contribution in [0.1, 0.15) is 52.4 Å². The number of unbranched alkanes of at least 4 members (excludes halogenated alkanes) is 2. The number of guanidine groups is 1. The van der Waals surface area contributed by atoms with Crippen molar-refractivity contribution in [1.29, 1.82) is 0 Å². The highest BCUT2D eigenvalue weighted by molar-refractivity contribution is 6.20. The molecule has 1 fully saturated rings. The Morgan fingerprint density at radius 1 is 1.04 bits per heavy atom. The quantitative estimate of drug-likeness (QED) is 0.710. The molecule has 2 rings (SSSR count). The fraction of sp³-hybridized carbons (Fsp3) is 0.526. The van der Waals surface area contributed by atoms with Crippen molar-refractivity contribution in [1.82, 2.24) is 10.6 Å². The minimum absolute atomic E-state index is 0.173. The zero-order valence-electron chi connectivity index (χ0n) is 15.2. The highest BCUT2D eigenvalue weighted by Crippen LogP contribution is 2.34. The van der Waals surface area contributed by atoms with E-state index in [1.54, 1.807) is 25.3 Å². The molecule has 6 heteroatoms. The molecule has 0 spiro atoms.